The number of nitrogens with zero attached hydrogens (tertiary/aromatic N) is 6. The molecule has 2 aromatic rings. The Balaban J connectivity index is 0. The zero-order valence-electron chi connectivity index (χ0n) is 25.6. The summed E-state index contributed by atoms with van der Waals surface area (Å²) in [5.74, 6) is -2.13. The second-order valence-electron chi connectivity index (χ2n) is 9.74. The molecule has 0 saturated carbocycles. The number of rotatable bonds is 17. The Hall–Kier alpha value is -4.08. The Morgan fingerprint density at radius 2 is 1.38 bits per heavy atom. The molecule has 1 radical (unpaired) electrons. The molecule has 0 aliphatic carbocycles. The first-order valence-electron chi connectivity index (χ1n) is 13.9. The van der Waals surface area contributed by atoms with Gasteiger partial charge in [-0.1, -0.05) is 6.42 Å². The summed E-state index contributed by atoms with van der Waals surface area (Å²) in [6.45, 7) is 10.7. The van der Waals surface area contributed by atoms with Gasteiger partial charge in [0.2, 0.25) is 11.8 Å². The van der Waals surface area contributed by atoms with Gasteiger partial charge in [0.25, 0.3) is 0 Å². The summed E-state index contributed by atoms with van der Waals surface area (Å²) in [6, 6.07) is 0. The van der Waals surface area contributed by atoms with Crippen LogP contribution in [-0.2, 0) is 80.2 Å². The average Bonchev–Trinajstić information content (AvgIpc) is 3.81. The second kappa shape index (κ2) is 26.0. The zero-order chi connectivity index (χ0) is 35.1. The number of carboxylic acids is 2. The number of carbonyl (C=O) groups is 4. The molecule has 1 aliphatic rings. The summed E-state index contributed by atoms with van der Waals surface area (Å²) < 4.78 is 3.08. The minimum absolute atomic E-state index is 0. The predicted molar refractivity (Wildman–Crippen MR) is 160 cm³/mol. The number of hydrogen-bond donors (Lipinski definition) is 5. The van der Waals surface area contributed by atoms with Crippen molar-refractivity contribution < 1.29 is 74.2 Å². The minimum atomic E-state index is -1.60. The van der Waals surface area contributed by atoms with Crippen molar-refractivity contribution in [3.63, 3.8) is 0 Å². The maximum Gasteiger partial charge on any atom is 0.475 e. The summed E-state index contributed by atoms with van der Waals surface area (Å²) >= 11 is 0. The van der Waals surface area contributed by atoms with Crippen molar-refractivity contribution in [2.45, 2.75) is 70.6 Å². The fourth-order valence-electron chi connectivity index (χ4n) is 4.75. The number of carbonyl (C=O) groups excluding carboxylic acids is 5. The molecule has 261 valence electrons. The van der Waals surface area contributed by atoms with E-state index in [1.54, 1.807) is 12.4 Å². The summed E-state index contributed by atoms with van der Waals surface area (Å²) in [7, 11) is -1.60. The normalized spacial score (nSPS) is 13.0. The van der Waals surface area contributed by atoms with Gasteiger partial charge < -0.3 is 54.0 Å². The second-order valence-corrected chi connectivity index (χ2v) is 9.74. The van der Waals surface area contributed by atoms with Crippen molar-refractivity contribution in [1.82, 2.24) is 34.2 Å². The number of unbranched alkanes of at least 4 members (excludes halogenated alkanes) is 2. The molecule has 1 atom stereocenters. The SMILES string of the molecule is O=C(O)Cn1ccnc1CN(CCCCCC(=O)NCC(=O)N1CCCC1B(O)O)Cc1nccn1CC(=O)O.[CH-]=O.[CH-]=O.[CH-]=O.[Re]. The van der Waals surface area contributed by atoms with E-state index in [4.69, 9.17) is 24.6 Å². The van der Waals surface area contributed by atoms with Crippen LogP contribution in [0.15, 0.2) is 24.8 Å². The fraction of sp³-hybridized carbons (Fsp3) is 0.519. The van der Waals surface area contributed by atoms with Crippen LogP contribution in [-0.4, -0.2) is 126 Å². The van der Waals surface area contributed by atoms with Gasteiger partial charge in [0.15, 0.2) is 0 Å². The molecule has 1 fully saturated rings. The third-order valence-corrected chi connectivity index (χ3v) is 6.72. The van der Waals surface area contributed by atoms with Crippen molar-refractivity contribution in [2.24, 2.45) is 0 Å². The zero-order valence-corrected chi connectivity index (χ0v) is 28.3. The van der Waals surface area contributed by atoms with E-state index in [0.717, 1.165) is 0 Å². The molecule has 3 rings (SSSR count). The van der Waals surface area contributed by atoms with Crippen molar-refractivity contribution in [2.75, 3.05) is 19.6 Å². The van der Waals surface area contributed by atoms with E-state index in [0.29, 0.717) is 69.9 Å². The molecule has 0 bridgehead atoms. The number of imidazole rings is 2. The molecule has 1 saturated heterocycles. The average molecular weight is 835 g/mol. The molecule has 0 aromatic carbocycles. The van der Waals surface area contributed by atoms with Crippen LogP contribution in [0.1, 0.15) is 50.2 Å². The molecule has 18 nitrogen and oxygen atoms in total. The number of aliphatic carboxylic acids is 2. The van der Waals surface area contributed by atoms with Crippen LogP contribution in [0.25, 0.3) is 0 Å². The van der Waals surface area contributed by atoms with Crippen LogP contribution in [0.5, 0.6) is 0 Å². The summed E-state index contributed by atoms with van der Waals surface area (Å²) in [4.78, 5) is 82.2. The molecule has 1 unspecified atom stereocenters. The van der Waals surface area contributed by atoms with E-state index in [9.17, 15) is 29.2 Å². The van der Waals surface area contributed by atoms with Gasteiger partial charge in [0, 0.05) is 58.2 Å². The molecule has 3 heterocycles. The van der Waals surface area contributed by atoms with Gasteiger partial charge in [-0.2, -0.15) is 0 Å². The topological polar surface area (TPSA) is 255 Å². The quantitative estimate of drug-likeness (QED) is 0.0506. The molecular weight excluding hydrogens is 795 g/mol. The maximum absolute atomic E-state index is 12.3. The third-order valence-electron chi connectivity index (χ3n) is 6.72. The van der Waals surface area contributed by atoms with Gasteiger partial charge in [-0.15, -0.1) is 0 Å². The number of nitrogens with one attached hydrogen (secondary N) is 1. The first kappa shape index (κ1) is 45.0. The van der Waals surface area contributed by atoms with E-state index < -0.39 is 25.0 Å². The van der Waals surface area contributed by atoms with Gasteiger partial charge in [-0.05, 0) is 32.2 Å². The van der Waals surface area contributed by atoms with Gasteiger partial charge in [-0.3, -0.25) is 44.4 Å². The van der Waals surface area contributed by atoms with Crippen LogP contribution in [0.4, 0.5) is 0 Å². The number of amides is 2. The van der Waals surface area contributed by atoms with Crippen molar-refractivity contribution in [3.05, 3.63) is 36.4 Å². The summed E-state index contributed by atoms with van der Waals surface area (Å²) in [6.07, 6.45) is 9.65. The molecule has 2 amide bonds. The molecular formula is C27H39BN7O11Re-3. The smallest absolute Gasteiger partial charge is 0.475 e. The Morgan fingerprint density at radius 3 is 1.85 bits per heavy atom. The van der Waals surface area contributed by atoms with E-state index in [2.05, 4.69) is 35.7 Å². The van der Waals surface area contributed by atoms with E-state index in [1.807, 2.05) is 4.90 Å². The van der Waals surface area contributed by atoms with Crippen molar-refractivity contribution >= 4 is 51.2 Å². The predicted octanol–water partition coefficient (Wildman–Crippen LogP) is -1.89. The fourth-order valence-corrected chi connectivity index (χ4v) is 4.75. The Bertz CT molecular complexity index is 1160. The van der Waals surface area contributed by atoms with E-state index in [-0.39, 0.29) is 58.3 Å². The monoisotopic (exact) mass is 835 g/mol. The molecule has 1 aliphatic heterocycles. The number of hydrogen-bond acceptors (Lipinski definition) is 12. The van der Waals surface area contributed by atoms with Crippen LogP contribution in [0, 0.1) is 0 Å². The number of aromatic nitrogens is 4. The largest absolute Gasteiger partial charge is 0.545 e. The van der Waals surface area contributed by atoms with Crippen molar-refractivity contribution in [1.29, 1.82) is 0 Å². The van der Waals surface area contributed by atoms with Gasteiger partial charge in [-0.25, -0.2) is 9.97 Å². The van der Waals surface area contributed by atoms with Crippen LogP contribution in [0.3, 0.4) is 0 Å². The Morgan fingerprint density at radius 1 is 0.872 bits per heavy atom. The standard InChI is InChI=1S/C24H36BN7O8.3CHO.Re/c33-21(28-13-22(34)32-10-4-5-18(32)25(39)40)6-2-1-3-9-29(14-19-26-7-11-30(19)16-23(35)36)15-20-27-8-12-31(20)17-24(37)38;3*1-2;/h7-8,11-12,18,39-40H,1-6,9-10,13-17H2,(H,28,33)(H,35,36)(H,37,38);3*1H;/q;3*-1;. The minimum Gasteiger partial charge on any atom is -0.545 e. The van der Waals surface area contributed by atoms with Crippen molar-refractivity contribution in [3.8, 4) is 0 Å². The molecule has 2 aromatic heterocycles. The van der Waals surface area contributed by atoms with E-state index >= 15 is 0 Å². The molecule has 0 spiro atoms. The first-order valence-corrected chi connectivity index (χ1v) is 13.9. The summed E-state index contributed by atoms with van der Waals surface area (Å²) in [5.41, 5.74) is 0. The maximum atomic E-state index is 12.3. The molecule has 5 N–H and O–H groups in total. The third kappa shape index (κ3) is 16.9. The van der Waals surface area contributed by atoms with Crippen LogP contribution < -0.4 is 5.32 Å². The van der Waals surface area contributed by atoms with Crippen LogP contribution >= 0.6 is 0 Å². The molecule has 47 heavy (non-hydrogen) atoms. The van der Waals surface area contributed by atoms with Gasteiger partial charge in [0.1, 0.15) is 24.7 Å². The van der Waals surface area contributed by atoms with E-state index in [1.165, 1.54) is 26.4 Å². The first-order chi connectivity index (χ1) is 22.1. The van der Waals surface area contributed by atoms with Crippen LogP contribution in [0.2, 0.25) is 0 Å². The Labute approximate surface area is 285 Å². The Kier molecular flexibility index (Phi) is 25.0. The number of carboxylic acid groups (broad SMARTS) is 2. The summed E-state index contributed by atoms with van der Waals surface area (Å²) in [5, 5.41) is 39.8. The van der Waals surface area contributed by atoms with Gasteiger partial charge >= 0.3 is 19.1 Å². The molecule has 20 heteroatoms. The van der Waals surface area contributed by atoms with Gasteiger partial charge in [0.05, 0.1) is 25.6 Å². The number of likely N-dealkylation sites (tertiary alicyclic amines) is 1.